The number of Topliss-reactive ketones (excluding diaryl/α,β-unsaturated/α-hetero) is 1. The van der Waals surface area contributed by atoms with E-state index in [9.17, 15) is 4.79 Å². The first-order chi connectivity index (χ1) is 10.3. The zero-order chi connectivity index (χ0) is 14.2. The van der Waals surface area contributed by atoms with Gasteiger partial charge in [0.25, 0.3) is 0 Å². The summed E-state index contributed by atoms with van der Waals surface area (Å²) in [5.74, 6) is 1.53. The first-order valence-electron chi connectivity index (χ1n) is 6.79. The number of carbonyl (C=O) groups excluding carboxylic acids is 1. The summed E-state index contributed by atoms with van der Waals surface area (Å²) < 4.78 is 10.6. The maximum atomic E-state index is 12.5. The number of H-pyrrole nitrogens is 1. The molecule has 0 spiro atoms. The van der Waals surface area contributed by atoms with Crippen molar-refractivity contribution in [2.75, 3.05) is 6.79 Å². The van der Waals surface area contributed by atoms with E-state index in [1.807, 2.05) is 42.5 Å². The highest BCUT2D eigenvalue weighted by Crippen LogP contribution is 2.33. The maximum absolute atomic E-state index is 12.5. The predicted octanol–water partition coefficient (Wildman–Crippen LogP) is 3.32. The number of aromatic amines is 1. The minimum absolute atomic E-state index is 0.0892. The molecule has 0 bridgehead atoms. The molecular formula is C17H13NO3. The molecule has 0 unspecified atom stereocenters. The summed E-state index contributed by atoms with van der Waals surface area (Å²) in [5.41, 5.74) is 2.63. The molecule has 0 atom stereocenters. The highest BCUT2D eigenvalue weighted by atomic mass is 16.7. The molecule has 1 aliphatic rings. The third-order valence-electron chi connectivity index (χ3n) is 3.69. The molecule has 21 heavy (non-hydrogen) atoms. The number of para-hydroxylation sites is 1. The Labute approximate surface area is 121 Å². The quantitative estimate of drug-likeness (QED) is 0.748. The van der Waals surface area contributed by atoms with Gasteiger partial charge < -0.3 is 14.5 Å². The van der Waals surface area contributed by atoms with Crippen LogP contribution in [0.5, 0.6) is 11.5 Å². The van der Waals surface area contributed by atoms with Gasteiger partial charge in [0.2, 0.25) is 6.79 Å². The Bertz CT molecular complexity index is 835. The molecule has 2 heterocycles. The van der Waals surface area contributed by atoms with Crippen LogP contribution in [0.25, 0.3) is 10.9 Å². The van der Waals surface area contributed by atoms with Gasteiger partial charge in [0, 0.05) is 29.1 Å². The lowest BCUT2D eigenvalue weighted by molar-refractivity contribution is 0.0994. The second kappa shape index (κ2) is 4.66. The average Bonchev–Trinajstić information content (AvgIpc) is 3.13. The van der Waals surface area contributed by atoms with E-state index in [1.165, 1.54) is 0 Å². The zero-order valence-corrected chi connectivity index (χ0v) is 11.3. The number of ether oxygens (including phenoxy) is 2. The van der Waals surface area contributed by atoms with Crippen LogP contribution in [0, 0.1) is 0 Å². The second-order valence-electron chi connectivity index (χ2n) is 5.04. The Hall–Kier alpha value is -2.75. The molecule has 2 aromatic carbocycles. The van der Waals surface area contributed by atoms with Gasteiger partial charge >= 0.3 is 0 Å². The van der Waals surface area contributed by atoms with Crippen LogP contribution in [0.3, 0.4) is 0 Å². The topological polar surface area (TPSA) is 51.3 Å². The van der Waals surface area contributed by atoms with Crippen molar-refractivity contribution in [3.63, 3.8) is 0 Å². The molecule has 1 N–H and O–H groups in total. The van der Waals surface area contributed by atoms with E-state index in [1.54, 1.807) is 6.20 Å². The van der Waals surface area contributed by atoms with Gasteiger partial charge in [-0.15, -0.1) is 0 Å². The van der Waals surface area contributed by atoms with Crippen molar-refractivity contribution in [2.45, 2.75) is 6.42 Å². The molecule has 1 aliphatic heterocycles. The Balaban J connectivity index is 1.63. The lowest BCUT2D eigenvalue weighted by Crippen LogP contribution is -2.02. The number of carbonyl (C=O) groups is 1. The molecule has 0 saturated carbocycles. The third-order valence-corrected chi connectivity index (χ3v) is 3.69. The van der Waals surface area contributed by atoms with Crippen LogP contribution in [0.4, 0.5) is 0 Å². The highest BCUT2D eigenvalue weighted by Gasteiger charge is 2.16. The van der Waals surface area contributed by atoms with Crippen molar-refractivity contribution in [2.24, 2.45) is 0 Å². The van der Waals surface area contributed by atoms with E-state index in [2.05, 4.69) is 4.98 Å². The number of fused-ring (bicyclic) bond motifs is 2. The minimum Gasteiger partial charge on any atom is -0.454 e. The van der Waals surface area contributed by atoms with Crippen molar-refractivity contribution in [1.82, 2.24) is 4.98 Å². The molecule has 0 radical (unpaired) electrons. The summed E-state index contributed by atoms with van der Waals surface area (Å²) >= 11 is 0. The summed E-state index contributed by atoms with van der Waals surface area (Å²) in [7, 11) is 0. The minimum atomic E-state index is 0.0892. The van der Waals surface area contributed by atoms with Crippen LogP contribution in [-0.2, 0) is 6.42 Å². The SMILES string of the molecule is O=C(Cc1ccc2c(c1)OCO2)c1c[nH]c2ccccc12. The van der Waals surface area contributed by atoms with Crippen molar-refractivity contribution in [3.05, 3.63) is 59.8 Å². The Kier molecular flexibility index (Phi) is 2.67. The van der Waals surface area contributed by atoms with E-state index in [0.717, 1.165) is 27.8 Å². The molecular weight excluding hydrogens is 266 g/mol. The van der Waals surface area contributed by atoms with Crippen molar-refractivity contribution < 1.29 is 14.3 Å². The number of benzene rings is 2. The van der Waals surface area contributed by atoms with E-state index in [-0.39, 0.29) is 12.6 Å². The monoisotopic (exact) mass is 279 g/mol. The Morgan fingerprint density at radius 2 is 1.95 bits per heavy atom. The fourth-order valence-electron chi connectivity index (χ4n) is 2.63. The molecule has 0 aliphatic carbocycles. The van der Waals surface area contributed by atoms with Crippen LogP contribution in [0.1, 0.15) is 15.9 Å². The van der Waals surface area contributed by atoms with Gasteiger partial charge in [-0.2, -0.15) is 0 Å². The smallest absolute Gasteiger partial charge is 0.231 e. The van der Waals surface area contributed by atoms with Gasteiger partial charge in [-0.1, -0.05) is 24.3 Å². The van der Waals surface area contributed by atoms with Crippen molar-refractivity contribution in [1.29, 1.82) is 0 Å². The van der Waals surface area contributed by atoms with Gasteiger partial charge in [0.15, 0.2) is 17.3 Å². The molecule has 0 amide bonds. The number of aromatic nitrogens is 1. The highest BCUT2D eigenvalue weighted by molar-refractivity contribution is 6.08. The fraction of sp³-hybridized carbons (Fsp3) is 0.118. The van der Waals surface area contributed by atoms with Crippen molar-refractivity contribution in [3.8, 4) is 11.5 Å². The summed E-state index contributed by atoms with van der Waals surface area (Å²) in [6, 6.07) is 13.4. The Morgan fingerprint density at radius 1 is 1.10 bits per heavy atom. The van der Waals surface area contributed by atoms with E-state index in [0.29, 0.717) is 12.2 Å². The van der Waals surface area contributed by atoms with Gasteiger partial charge in [0.05, 0.1) is 0 Å². The molecule has 4 nitrogen and oxygen atoms in total. The molecule has 0 fully saturated rings. The average molecular weight is 279 g/mol. The van der Waals surface area contributed by atoms with Crippen molar-refractivity contribution >= 4 is 16.7 Å². The summed E-state index contributed by atoms with van der Waals surface area (Å²) in [5, 5.41) is 0.961. The number of hydrogen-bond donors (Lipinski definition) is 1. The molecule has 3 aromatic rings. The van der Waals surface area contributed by atoms with Gasteiger partial charge in [0.1, 0.15) is 0 Å². The molecule has 0 saturated heterocycles. The number of ketones is 1. The van der Waals surface area contributed by atoms with E-state index in [4.69, 9.17) is 9.47 Å². The number of hydrogen-bond acceptors (Lipinski definition) is 3. The Morgan fingerprint density at radius 3 is 2.90 bits per heavy atom. The van der Waals surface area contributed by atoms with Gasteiger partial charge in [-0.25, -0.2) is 0 Å². The fourth-order valence-corrected chi connectivity index (χ4v) is 2.63. The molecule has 1 aromatic heterocycles. The first kappa shape index (κ1) is 12.0. The molecule has 104 valence electrons. The lowest BCUT2D eigenvalue weighted by Gasteiger charge is -2.02. The summed E-state index contributed by atoms with van der Waals surface area (Å²) in [6.07, 6.45) is 2.12. The normalized spacial score (nSPS) is 12.8. The second-order valence-corrected chi connectivity index (χ2v) is 5.04. The van der Waals surface area contributed by atoms with Crippen LogP contribution < -0.4 is 9.47 Å². The third kappa shape index (κ3) is 2.05. The molecule has 4 rings (SSSR count). The number of nitrogens with one attached hydrogen (secondary N) is 1. The van der Waals surface area contributed by atoms with E-state index < -0.39 is 0 Å². The lowest BCUT2D eigenvalue weighted by atomic mass is 10.0. The zero-order valence-electron chi connectivity index (χ0n) is 11.3. The standard InChI is InChI=1S/C17H13NO3/c19-15(13-9-18-14-4-2-1-3-12(13)14)7-11-5-6-16-17(8-11)21-10-20-16/h1-6,8-9,18H,7,10H2. The first-order valence-corrected chi connectivity index (χ1v) is 6.79. The van der Waals surface area contributed by atoms with Crippen LogP contribution in [-0.4, -0.2) is 17.6 Å². The number of rotatable bonds is 3. The van der Waals surface area contributed by atoms with E-state index >= 15 is 0 Å². The van der Waals surface area contributed by atoms with Crippen LogP contribution in [0.2, 0.25) is 0 Å². The summed E-state index contributed by atoms with van der Waals surface area (Å²) in [6.45, 7) is 0.245. The van der Waals surface area contributed by atoms with Gasteiger partial charge in [-0.3, -0.25) is 4.79 Å². The van der Waals surface area contributed by atoms with Crippen LogP contribution >= 0.6 is 0 Å². The van der Waals surface area contributed by atoms with Crippen LogP contribution in [0.15, 0.2) is 48.7 Å². The predicted molar refractivity (Wildman–Crippen MR) is 78.9 cm³/mol. The molecule has 4 heteroatoms. The summed E-state index contributed by atoms with van der Waals surface area (Å²) in [4.78, 5) is 15.6. The largest absolute Gasteiger partial charge is 0.454 e. The maximum Gasteiger partial charge on any atom is 0.231 e. The van der Waals surface area contributed by atoms with Gasteiger partial charge in [-0.05, 0) is 23.8 Å².